The summed E-state index contributed by atoms with van der Waals surface area (Å²) in [6.45, 7) is 23.3. The van der Waals surface area contributed by atoms with Crippen molar-refractivity contribution in [2.24, 2.45) is 46.3 Å². The summed E-state index contributed by atoms with van der Waals surface area (Å²) in [6, 6.07) is 0. The number of carbonyl (C=O) groups excluding carboxylic acids is 1. The molecule has 0 aromatic heterocycles. The summed E-state index contributed by atoms with van der Waals surface area (Å²) >= 11 is 0. The Morgan fingerprint density at radius 1 is 1.06 bits per heavy atom. The van der Waals surface area contributed by atoms with Crippen molar-refractivity contribution in [2.75, 3.05) is 0 Å². The highest BCUT2D eigenvalue weighted by atomic mass is 28.4. The van der Waals surface area contributed by atoms with E-state index < -0.39 is 8.32 Å². The van der Waals surface area contributed by atoms with Crippen LogP contribution < -0.4 is 0 Å². The molecule has 2 nitrogen and oxygen atoms in total. The van der Waals surface area contributed by atoms with Gasteiger partial charge in [0, 0.05) is 18.4 Å². The second-order valence-corrected chi connectivity index (χ2v) is 19.0. The Kier molecular flexibility index (Phi) is 6.23. The Balaban J connectivity index is 1.51. The van der Waals surface area contributed by atoms with Crippen LogP contribution in [0.1, 0.15) is 92.9 Å². The van der Waals surface area contributed by atoms with Gasteiger partial charge in [0.05, 0.1) is 0 Å². The van der Waals surface area contributed by atoms with Crippen molar-refractivity contribution in [1.29, 1.82) is 0 Å². The largest absolute Gasteiger partial charge is 0.414 e. The van der Waals surface area contributed by atoms with Gasteiger partial charge in [-0.3, -0.25) is 4.79 Å². The third-order valence-corrected chi connectivity index (χ3v) is 16.2. The Morgan fingerprint density at radius 3 is 2.34 bits per heavy atom. The average Bonchev–Trinajstić information content (AvgIpc) is 2.96. The molecule has 9 atom stereocenters. The van der Waals surface area contributed by atoms with Crippen LogP contribution in [0.25, 0.3) is 0 Å². The molecule has 0 aromatic rings. The first-order valence-corrected chi connectivity index (χ1v) is 16.5. The van der Waals surface area contributed by atoms with Gasteiger partial charge in [0.1, 0.15) is 5.78 Å². The second kappa shape index (κ2) is 8.07. The van der Waals surface area contributed by atoms with Crippen LogP contribution in [0.2, 0.25) is 18.1 Å². The summed E-state index contributed by atoms with van der Waals surface area (Å²) < 4.78 is 6.91. The monoisotopic (exact) mass is 458 g/mol. The zero-order valence-electron chi connectivity index (χ0n) is 22.3. The van der Waals surface area contributed by atoms with E-state index in [1.54, 1.807) is 0 Å². The molecular formula is C29H50O2Si. The molecule has 32 heavy (non-hydrogen) atoms. The van der Waals surface area contributed by atoms with Crippen molar-refractivity contribution in [1.82, 2.24) is 0 Å². The molecule has 0 aliphatic heterocycles. The number of carbonyl (C=O) groups is 1. The minimum Gasteiger partial charge on any atom is -0.414 e. The van der Waals surface area contributed by atoms with E-state index in [0.29, 0.717) is 29.1 Å². The lowest BCUT2D eigenvalue weighted by Crippen LogP contribution is -2.55. The highest BCUT2D eigenvalue weighted by Gasteiger charge is 2.63. The van der Waals surface area contributed by atoms with E-state index in [4.69, 9.17) is 4.43 Å². The Labute approximate surface area is 199 Å². The van der Waals surface area contributed by atoms with E-state index in [1.165, 1.54) is 44.9 Å². The Bertz CT molecular complexity index is 751. The van der Waals surface area contributed by atoms with Crippen LogP contribution in [0.3, 0.4) is 0 Å². The van der Waals surface area contributed by atoms with Gasteiger partial charge < -0.3 is 4.43 Å². The molecule has 1 unspecified atom stereocenters. The fourth-order valence-corrected chi connectivity index (χ4v) is 10.2. The SMILES string of the molecule is C=C[C@@H](C)[C@H]1C(=O)C[C@H]2[C@@H]3CCC4C[C@@H](O[Si](C)(C)C(C)(C)C)CC[C@]4(C)[C@H]3CC[C@]12C. The van der Waals surface area contributed by atoms with E-state index in [9.17, 15) is 4.79 Å². The molecule has 3 heteroatoms. The third kappa shape index (κ3) is 3.72. The lowest BCUT2D eigenvalue weighted by molar-refractivity contribution is -0.129. The molecule has 0 spiro atoms. The molecule has 4 fully saturated rings. The smallest absolute Gasteiger partial charge is 0.192 e. The molecule has 182 valence electrons. The minimum atomic E-state index is -1.71. The summed E-state index contributed by atoms with van der Waals surface area (Å²) in [5.74, 6) is 3.99. The first-order valence-electron chi connectivity index (χ1n) is 13.6. The number of fused-ring (bicyclic) bond motifs is 5. The molecule has 4 saturated carbocycles. The van der Waals surface area contributed by atoms with Crippen LogP contribution in [0.5, 0.6) is 0 Å². The number of hydrogen-bond donors (Lipinski definition) is 0. The van der Waals surface area contributed by atoms with E-state index in [1.807, 2.05) is 6.08 Å². The first kappa shape index (κ1) is 24.7. The number of rotatable bonds is 4. The van der Waals surface area contributed by atoms with Gasteiger partial charge in [-0.25, -0.2) is 0 Å². The highest BCUT2D eigenvalue weighted by Crippen LogP contribution is 2.67. The maximum absolute atomic E-state index is 13.2. The summed E-state index contributed by atoms with van der Waals surface area (Å²) in [5, 5.41) is 0.285. The van der Waals surface area contributed by atoms with E-state index in [-0.39, 0.29) is 16.4 Å². The predicted molar refractivity (Wildman–Crippen MR) is 137 cm³/mol. The Hall–Kier alpha value is -0.413. The van der Waals surface area contributed by atoms with Crippen LogP contribution in [0.15, 0.2) is 12.7 Å². The summed E-state index contributed by atoms with van der Waals surface area (Å²) in [6.07, 6.45) is 12.4. The molecule has 4 rings (SSSR count). The predicted octanol–water partition coefficient (Wildman–Crippen LogP) is 8.04. The van der Waals surface area contributed by atoms with E-state index in [2.05, 4.69) is 61.2 Å². The van der Waals surface area contributed by atoms with Crippen LogP contribution in [-0.2, 0) is 9.22 Å². The van der Waals surface area contributed by atoms with Gasteiger partial charge in [0.15, 0.2) is 8.32 Å². The number of allylic oxidation sites excluding steroid dienone is 1. The zero-order chi connectivity index (χ0) is 23.7. The maximum Gasteiger partial charge on any atom is 0.192 e. The second-order valence-electron chi connectivity index (χ2n) is 14.2. The minimum absolute atomic E-state index is 0.192. The third-order valence-electron chi connectivity index (χ3n) is 11.7. The molecule has 0 aromatic carbocycles. The van der Waals surface area contributed by atoms with E-state index >= 15 is 0 Å². The highest BCUT2D eigenvalue weighted by molar-refractivity contribution is 6.74. The van der Waals surface area contributed by atoms with Crippen molar-refractivity contribution in [3.8, 4) is 0 Å². The topological polar surface area (TPSA) is 26.3 Å². The summed E-state index contributed by atoms with van der Waals surface area (Å²) in [7, 11) is -1.71. The normalized spacial score (nSPS) is 45.6. The van der Waals surface area contributed by atoms with Crippen LogP contribution in [0.4, 0.5) is 0 Å². The van der Waals surface area contributed by atoms with E-state index in [0.717, 1.165) is 24.2 Å². The van der Waals surface area contributed by atoms with Gasteiger partial charge in [-0.1, -0.05) is 47.6 Å². The summed E-state index contributed by atoms with van der Waals surface area (Å²) in [4.78, 5) is 13.2. The molecule has 0 saturated heterocycles. The van der Waals surface area contributed by atoms with Crippen molar-refractivity contribution in [2.45, 2.75) is 117 Å². The van der Waals surface area contributed by atoms with Crippen molar-refractivity contribution in [3.63, 3.8) is 0 Å². The molecule has 4 aliphatic rings. The molecule has 0 radical (unpaired) electrons. The zero-order valence-corrected chi connectivity index (χ0v) is 23.3. The van der Waals surface area contributed by atoms with Crippen LogP contribution >= 0.6 is 0 Å². The van der Waals surface area contributed by atoms with Crippen LogP contribution in [0, 0.1) is 46.3 Å². The lowest BCUT2D eigenvalue weighted by atomic mass is 9.44. The van der Waals surface area contributed by atoms with Crippen molar-refractivity contribution < 1.29 is 9.22 Å². The number of Topliss-reactive ketones (excluding diaryl/α,β-unsaturated/α-hetero) is 1. The summed E-state index contributed by atoms with van der Waals surface area (Å²) in [5.41, 5.74) is 0.639. The average molecular weight is 459 g/mol. The Morgan fingerprint density at radius 2 is 1.72 bits per heavy atom. The van der Waals surface area contributed by atoms with Gasteiger partial charge in [-0.2, -0.15) is 0 Å². The first-order chi connectivity index (χ1) is 14.7. The number of hydrogen-bond acceptors (Lipinski definition) is 2. The van der Waals surface area contributed by atoms with Gasteiger partial charge in [-0.15, -0.1) is 6.58 Å². The van der Waals surface area contributed by atoms with Crippen LogP contribution in [-0.4, -0.2) is 20.2 Å². The van der Waals surface area contributed by atoms with Crippen molar-refractivity contribution in [3.05, 3.63) is 12.7 Å². The van der Waals surface area contributed by atoms with Gasteiger partial charge in [-0.05, 0) is 103 Å². The lowest BCUT2D eigenvalue weighted by Gasteiger charge is -2.61. The molecule has 0 N–H and O–H groups in total. The fraction of sp³-hybridized carbons (Fsp3) is 0.897. The molecule has 0 bridgehead atoms. The quantitative estimate of drug-likeness (QED) is 0.315. The molecular weight excluding hydrogens is 408 g/mol. The van der Waals surface area contributed by atoms with Gasteiger partial charge in [0.2, 0.25) is 0 Å². The molecule has 0 amide bonds. The standard InChI is InChI=1S/C29H50O2Si/c1-10-19(2)26-25(30)18-24-22-12-11-20-17-21(31-32(8,9)27(3,4)5)13-15-28(20,6)23(22)14-16-29(24,26)7/h10,19-24,26H,1,11-18H2,2-9H3/t19-,20?,21+,22-,23+,24+,26+,28+,29+/m1/s1. The maximum atomic E-state index is 13.2. The van der Waals surface area contributed by atoms with Crippen molar-refractivity contribution >= 4 is 14.1 Å². The van der Waals surface area contributed by atoms with Gasteiger partial charge >= 0.3 is 0 Å². The molecule has 0 heterocycles. The van der Waals surface area contributed by atoms with Gasteiger partial charge in [0.25, 0.3) is 0 Å². The fourth-order valence-electron chi connectivity index (χ4n) is 8.78. The molecule has 4 aliphatic carbocycles. The number of ketones is 1.